The third-order valence-electron chi connectivity index (χ3n) is 3.59. The Labute approximate surface area is 92.9 Å². The van der Waals surface area contributed by atoms with Gasteiger partial charge in [-0.15, -0.1) is 0 Å². The van der Waals surface area contributed by atoms with Crippen LogP contribution in [0.2, 0.25) is 0 Å². The maximum absolute atomic E-state index is 3.66. The van der Waals surface area contributed by atoms with Gasteiger partial charge in [-0.2, -0.15) is 0 Å². The summed E-state index contributed by atoms with van der Waals surface area (Å²) in [6, 6.07) is 5.30. The molecule has 1 aliphatic rings. The van der Waals surface area contributed by atoms with Crippen LogP contribution in [0.1, 0.15) is 37.0 Å². The Morgan fingerprint density at radius 1 is 1.20 bits per heavy atom. The van der Waals surface area contributed by atoms with Gasteiger partial charge in [0, 0.05) is 11.7 Å². The van der Waals surface area contributed by atoms with E-state index in [1.807, 2.05) is 0 Å². The highest BCUT2D eigenvalue weighted by atomic mass is 14.9. The van der Waals surface area contributed by atoms with Gasteiger partial charge in [-0.05, 0) is 55.4 Å². The number of aryl methyl sites for hydroxylation is 3. The Morgan fingerprint density at radius 3 is 2.53 bits per heavy atom. The average molecular weight is 203 g/mol. The van der Waals surface area contributed by atoms with Crippen molar-refractivity contribution in [1.29, 1.82) is 0 Å². The second-order valence-corrected chi connectivity index (χ2v) is 5.13. The van der Waals surface area contributed by atoms with Crippen molar-refractivity contribution in [3.8, 4) is 0 Å². The van der Waals surface area contributed by atoms with Crippen molar-refractivity contribution in [2.75, 3.05) is 5.32 Å². The van der Waals surface area contributed by atoms with E-state index < -0.39 is 0 Å². The van der Waals surface area contributed by atoms with Crippen LogP contribution < -0.4 is 5.32 Å². The van der Waals surface area contributed by atoms with Gasteiger partial charge < -0.3 is 5.32 Å². The lowest BCUT2D eigenvalue weighted by atomic mass is 9.90. The molecule has 1 aromatic carbocycles. The molecule has 82 valence electrons. The Balaban J connectivity index is 2.30. The van der Waals surface area contributed by atoms with Gasteiger partial charge in [0.1, 0.15) is 0 Å². The summed E-state index contributed by atoms with van der Waals surface area (Å²) < 4.78 is 0. The van der Waals surface area contributed by atoms with E-state index in [2.05, 4.69) is 45.1 Å². The van der Waals surface area contributed by atoms with Crippen LogP contribution in [0.25, 0.3) is 0 Å². The average Bonchev–Trinajstić information content (AvgIpc) is 2.19. The van der Waals surface area contributed by atoms with E-state index in [1.165, 1.54) is 35.2 Å². The molecule has 1 unspecified atom stereocenters. The number of nitrogens with one attached hydrogen (secondary N) is 1. The first kappa shape index (κ1) is 10.5. The van der Waals surface area contributed by atoms with Crippen molar-refractivity contribution < 1.29 is 0 Å². The van der Waals surface area contributed by atoms with Crippen molar-refractivity contribution in [1.82, 2.24) is 0 Å². The van der Waals surface area contributed by atoms with Gasteiger partial charge in [0.15, 0.2) is 0 Å². The van der Waals surface area contributed by atoms with E-state index in [0.29, 0.717) is 6.04 Å². The zero-order valence-electron chi connectivity index (χ0n) is 10.2. The van der Waals surface area contributed by atoms with Crippen LogP contribution in [0, 0.1) is 19.8 Å². The van der Waals surface area contributed by atoms with Crippen molar-refractivity contribution >= 4 is 5.69 Å². The standard InChI is InChI=1S/C14H21N/c1-9(2)13-6-5-12-7-10(3)11(4)8-14(12)15-13/h7-9,13,15H,5-6H2,1-4H3. The summed E-state index contributed by atoms with van der Waals surface area (Å²) in [6.45, 7) is 8.98. The van der Waals surface area contributed by atoms with Gasteiger partial charge >= 0.3 is 0 Å². The van der Waals surface area contributed by atoms with E-state index in [0.717, 1.165) is 5.92 Å². The highest BCUT2D eigenvalue weighted by Gasteiger charge is 2.20. The number of hydrogen-bond acceptors (Lipinski definition) is 1. The first-order chi connectivity index (χ1) is 7.08. The van der Waals surface area contributed by atoms with Crippen LogP contribution >= 0.6 is 0 Å². The second kappa shape index (κ2) is 3.88. The predicted octanol–water partition coefficient (Wildman–Crippen LogP) is 3.69. The molecule has 15 heavy (non-hydrogen) atoms. The van der Waals surface area contributed by atoms with Crippen LogP contribution in [-0.4, -0.2) is 6.04 Å². The molecule has 1 N–H and O–H groups in total. The highest BCUT2D eigenvalue weighted by Crippen LogP contribution is 2.29. The Bertz CT molecular complexity index is 366. The highest BCUT2D eigenvalue weighted by molar-refractivity contribution is 5.57. The third kappa shape index (κ3) is 2.01. The molecule has 1 atom stereocenters. The SMILES string of the molecule is Cc1cc2c(cc1C)NC(C(C)C)CC2. The summed E-state index contributed by atoms with van der Waals surface area (Å²) in [6.07, 6.45) is 2.50. The molecule has 0 aliphatic carbocycles. The monoisotopic (exact) mass is 203 g/mol. The quantitative estimate of drug-likeness (QED) is 0.734. The lowest BCUT2D eigenvalue weighted by molar-refractivity contribution is 0.483. The summed E-state index contributed by atoms with van der Waals surface area (Å²) in [5.74, 6) is 0.722. The Kier molecular flexibility index (Phi) is 2.72. The molecule has 1 nitrogen and oxygen atoms in total. The minimum absolute atomic E-state index is 0.652. The summed E-state index contributed by atoms with van der Waals surface area (Å²) in [7, 11) is 0. The topological polar surface area (TPSA) is 12.0 Å². The largest absolute Gasteiger partial charge is 0.382 e. The Hall–Kier alpha value is -0.980. The summed E-state index contributed by atoms with van der Waals surface area (Å²) in [5, 5.41) is 3.66. The van der Waals surface area contributed by atoms with Crippen molar-refractivity contribution in [3.05, 3.63) is 28.8 Å². The van der Waals surface area contributed by atoms with Crippen LogP contribution in [0.3, 0.4) is 0 Å². The van der Waals surface area contributed by atoms with Gasteiger partial charge in [-0.25, -0.2) is 0 Å². The minimum atomic E-state index is 0.652. The van der Waals surface area contributed by atoms with Gasteiger partial charge in [-0.3, -0.25) is 0 Å². The molecule has 0 amide bonds. The number of benzene rings is 1. The van der Waals surface area contributed by atoms with E-state index in [-0.39, 0.29) is 0 Å². The fourth-order valence-corrected chi connectivity index (χ4v) is 2.30. The molecular formula is C14H21N. The lowest BCUT2D eigenvalue weighted by Gasteiger charge is -2.30. The van der Waals surface area contributed by atoms with Crippen molar-refractivity contribution in [3.63, 3.8) is 0 Å². The van der Waals surface area contributed by atoms with Crippen LogP contribution in [0.4, 0.5) is 5.69 Å². The molecule has 1 aromatic rings. The summed E-state index contributed by atoms with van der Waals surface area (Å²) in [4.78, 5) is 0. The van der Waals surface area contributed by atoms with E-state index in [9.17, 15) is 0 Å². The third-order valence-corrected chi connectivity index (χ3v) is 3.59. The van der Waals surface area contributed by atoms with Gasteiger partial charge in [-0.1, -0.05) is 19.9 Å². The smallest absolute Gasteiger partial charge is 0.0377 e. The predicted molar refractivity (Wildman–Crippen MR) is 66.5 cm³/mol. The first-order valence-corrected chi connectivity index (χ1v) is 5.94. The molecule has 1 aliphatic heterocycles. The fraction of sp³-hybridized carbons (Fsp3) is 0.571. The maximum atomic E-state index is 3.66. The van der Waals surface area contributed by atoms with Crippen molar-refractivity contribution in [2.45, 2.75) is 46.6 Å². The van der Waals surface area contributed by atoms with Crippen molar-refractivity contribution in [2.24, 2.45) is 5.92 Å². The van der Waals surface area contributed by atoms with Crippen LogP contribution in [-0.2, 0) is 6.42 Å². The lowest BCUT2D eigenvalue weighted by Crippen LogP contribution is -2.30. The van der Waals surface area contributed by atoms with Gasteiger partial charge in [0.25, 0.3) is 0 Å². The van der Waals surface area contributed by atoms with Gasteiger partial charge in [0.05, 0.1) is 0 Å². The maximum Gasteiger partial charge on any atom is 0.0377 e. The van der Waals surface area contributed by atoms with Crippen LogP contribution in [0.5, 0.6) is 0 Å². The molecule has 0 bridgehead atoms. The second-order valence-electron chi connectivity index (χ2n) is 5.13. The number of fused-ring (bicyclic) bond motifs is 1. The molecule has 1 heteroatoms. The molecule has 0 fully saturated rings. The fourth-order valence-electron chi connectivity index (χ4n) is 2.30. The normalized spacial score (nSPS) is 19.9. The molecule has 0 aromatic heterocycles. The first-order valence-electron chi connectivity index (χ1n) is 5.94. The van der Waals surface area contributed by atoms with E-state index >= 15 is 0 Å². The van der Waals surface area contributed by atoms with Crippen LogP contribution in [0.15, 0.2) is 12.1 Å². The summed E-state index contributed by atoms with van der Waals surface area (Å²) in [5.41, 5.74) is 5.67. The van der Waals surface area contributed by atoms with E-state index in [1.54, 1.807) is 0 Å². The Morgan fingerprint density at radius 2 is 1.87 bits per heavy atom. The molecule has 0 radical (unpaired) electrons. The molecule has 0 spiro atoms. The molecular weight excluding hydrogens is 182 g/mol. The molecule has 0 saturated carbocycles. The van der Waals surface area contributed by atoms with Gasteiger partial charge in [0.2, 0.25) is 0 Å². The summed E-state index contributed by atoms with van der Waals surface area (Å²) >= 11 is 0. The zero-order valence-corrected chi connectivity index (χ0v) is 10.2. The minimum Gasteiger partial charge on any atom is -0.382 e. The zero-order chi connectivity index (χ0) is 11.0. The molecule has 0 saturated heterocycles. The number of hydrogen-bond donors (Lipinski definition) is 1. The molecule has 1 heterocycles. The van der Waals surface area contributed by atoms with E-state index in [4.69, 9.17) is 0 Å². The number of anilines is 1. The number of rotatable bonds is 1. The molecule has 2 rings (SSSR count).